The van der Waals surface area contributed by atoms with Crippen LogP contribution in [0, 0.1) is 0 Å². The first kappa shape index (κ1) is 11.7. The monoisotopic (exact) mass is 257 g/mol. The van der Waals surface area contributed by atoms with Gasteiger partial charge in [-0.3, -0.25) is 0 Å². The van der Waals surface area contributed by atoms with Gasteiger partial charge in [-0.05, 0) is 26.2 Å². The van der Waals surface area contributed by atoms with Crippen molar-refractivity contribution >= 4 is 34.2 Å². The fourth-order valence-corrected chi connectivity index (χ4v) is 2.08. The normalized spacial score (nSPS) is 11.6. The molecule has 0 saturated carbocycles. The van der Waals surface area contributed by atoms with Crippen molar-refractivity contribution in [2.75, 3.05) is 20.6 Å². The smallest absolute Gasteiger partial charge is 0.108 e. The number of nitrogens with one attached hydrogen (secondary N) is 1. The minimum Gasteiger partial charge on any atom is -0.342 e. The lowest BCUT2D eigenvalue weighted by Gasteiger charge is -2.06. The Morgan fingerprint density at radius 1 is 1.31 bits per heavy atom. The molecule has 2 rings (SSSR count). The van der Waals surface area contributed by atoms with Crippen LogP contribution in [0.1, 0.15) is 5.82 Å². The summed E-state index contributed by atoms with van der Waals surface area (Å²) in [7, 11) is 4.07. The number of hydrogen-bond donors (Lipinski definition) is 1. The summed E-state index contributed by atoms with van der Waals surface area (Å²) < 4.78 is 0. The van der Waals surface area contributed by atoms with Crippen LogP contribution in [0.4, 0.5) is 0 Å². The van der Waals surface area contributed by atoms with Gasteiger partial charge in [-0.2, -0.15) is 0 Å². The molecule has 0 bridgehead atoms. The number of likely N-dealkylation sites (N-methyl/N-ethyl adjacent to an activating group) is 1. The zero-order valence-electron chi connectivity index (χ0n) is 9.22. The number of hydrogen-bond acceptors (Lipinski definition) is 2. The van der Waals surface area contributed by atoms with Crippen LogP contribution in [0.2, 0.25) is 10.0 Å². The van der Waals surface area contributed by atoms with Gasteiger partial charge in [0.15, 0.2) is 0 Å². The number of H-pyrrole nitrogens is 1. The van der Waals surface area contributed by atoms with Crippen molar-refractivity contribution in [1.29, 1.82) is 0 Å². The van der Waals surface area contributed by atoms with Gasteiger partial charge in [-0.1, -0.05) is 23.2 Å². The van der Waals surface area contributed by atoms with Crippen LogP contribution >= 0.6 is 23.2 Å². The third kappa shape index (κ3) is 2.48. The van der Waals surface area contributed by atoms with Gasteiger partial charge in [0.2, 0.25) is 0 Å². The highest BCUT2D eigenvalue weighted by Crippen LogP contribution is 2.26. The number of halogens is 2. The maximum absolute atomic E-state index is 6.06. The predicted octanol–water partition coefficient (Wildman–Crippen LogP) is 2.97. The summed E-state index contributed by atoms with van der Waals surface area (Å²) in [5.74, 6) is 0.938. The first-order chi connectivity index (χ1) is 7.56. The summed E-state index contributed by atoms with van der Waals surface area (Å²) >= 11 is 12.0. The van der Waals surface area contributed by atoms with Gasteiger partial charge in [-0.25, -0.2) is 4.98 Å². The largest absolute Gasteiger partial charge is 0.342 e. The van der Waals surface area contributed by atoms with Gasteiger partial charge in [0.05, 0.1) is 10.5 Å². The molecular weight excluding hydrogens is 245 g/mol. The molecule has 86 valence electrons. The molecule has 1 aromatic heterocycles. The van der Waals surface area contributed by atoms with Gasteiger partial charge in [0.25, 0.3) is 0 Å². The Labute approximate surface area is 104 Å². The van der Waals surface area contributed by atoms with E-state index in [2.05, 4.69) is 14.9 Å². The van der Waals surface area contributed by atoms with Crippen molar-refractivity contribution in [1.82, 2.24) is 14.9 Å². The first-order valence-electron chi connectivity index (χ1n) is 5.04. The van der Waals surface area contributed by atoms with E-state index in [0.717, 1.165) is 29.8 Å². The Kier molecular flexibility index (Phi) is 3.38. The van der Waals surface area contributed by atoms with Crippen molar-refractivity contribution in [3.05, 3.63) is 28.0 Å². The summed E-state index contributed by atoms with van der Waals surface area (Å²) in [5.41, 5.74) is 1.69. The number of benzene rings is 1. The van der Waals surface area contributed by atoms with Crippen LogP contribution in [0.25, 0.3) is 11.0 Å². The van der Waals surface area contributed by atoms with Gasteiger partial charge >= 0.3 is 0 Å². The average Bonchev–Trinajstić information content (AvgIpc) is 2.57. The van der Waals surface area contributed by atoms with Gasteiger partial charge in [0, 0.05) is 18.0 Å². The molecule has 16 heavy (non-hydrogen) atoms. The Morgan fingerprint density at radius 2 is 2.06 bits per heavy atom. The Hall–Kier alpha value is -0.770. The zero-order chi connectivity index (χ0) is 11.7. The van der Waals surface area contributed by atoms with Crippen LogP contribution in [-0.2, 0) is 6.42 Å². The molecular formula is C11H13Cl2N3. The first-order valence-corrected chi connectivity index (χ1v) is 5.80. The molecule has 2 aromatic rings. The van der Waals surface area contributed by atoms with Gasteiger partial charge in [-0.15, -0.1) is 0 Å². The molecule has 1 N–H and O–H groups in total. The van der Waals surface area contributed by atoms with E-state index in [1.54, 1.807) is 6.07 Å². The number of aromatic nitrogens is 2. The SMILES string of the molecule is CN(C)CCc1nc2c(Cl)cc(Cl)cc2[nH]1. The van der Waals surface area contributed by atoms with E-state index in [0.29, 0.717) is 10.0 Å². The van der Waals surface area contributed by atoms with E-state index in [1.165, 1.54) is 0 Å². The van der Waals surface area contributed by atoms with Crippen LogP contribution < -0.4 is 0 Å². The lowest BCUT2D eigenvalue weighted by Crippen LogP contribution is -2.15. The molecule has 0 amide bonds. The standard InChI is InChI=1S/C11H13Cl2N3/c1-16(2)4-3-10-14-9-6-7(12)5-8(13)11(9)15-10/h5-6H,3-4H2,1-2H3,(H,14,15). The minimum atomic E-state index is 0.592. The van der Waals surface area contributed by atoms with Crippen LogP contribution in [0.5, 0.6) is 0 Å². The topological polar surface area (TPSA) is 31.9 Å². The predicted molar refractivity (Wildman–Crippen MR) is 68.4 cm³/mol. The van der Waals surface area contributed by atoms with Gasteiger partial charge < -0.3 is 9.88 Å². The van der Waals surface area contributed by atoms with E-state index in [-0.39, 0.29) is 0 Å². The Morgan fingerprint density at radius 3 is 2.75 bits per heavy atom. The Balaban J connectivity index is 2.33. The highest BCUT2D eigenvalue weighted by atomic mass is 35.5. The van der Waals surface area contributed by atoms with E-state index in [9.17, 15) is 0 Å². The van der Waals surface area contributed by atoms with Crippen LogP contribution in [-0.4, -0.2) is 35.5 Å². The molecule has 3 nitrogen and oxygen atoms in total. The summed E-state index contributed by atoms with van der Waals surface area (Å²) in [6, 6.07) is 3.55. The molecule has 5 heteroatoms. The summed E-state index contributed by atoms with van der Waals surface area (Å²) in [6.07, 6.45) is 0.871. The van der Waals surface area contributed by atoms with Crippen molar-refractivity contribution < 1.29 is 0 Å². The summed E-state index contributed by atoms with van der Waals surface area (Å²) in [5, 5.41) is 1.22. The molecule has 0 atom stereocenters. The van der Waals surface area contributed by atoms with Crippen molar-refractivity contribution in [3.63, 3.8) is 0 Å². The minimum absolute atomic E-state index is 0.592. The second-order valence-corrected chi connectivity index (χ2v) is 4.86. The number of rotatable bonds is 3. The molecule has 0 aliphatic rings. The van der Waals surface area contributed by atoms with Crippen LogP contribution in [0.15, 0.2) is 12.1 Å². The fourth-order valence-electron chi connectivity index (χ4n) is 1.54. The van der Waals surface area contributed by atoms with Crippen molar-refractivity contribution in [3.8, 4) is 0 Å². The Bertz CT molecular complexity index is 505. The second-order valence-electron chi connectivity index (χ2n) is 4.02. The van der Waals surface area contributed by atoms with E-state index >= 15 is 0 Å². The molecule has 0 saturated heterocycles. The number of imidazole rings is 1. The highest BCUT2D eigenvalue weighted by Gasteiger charge is 2.07. The van der Waals surface area contributed by atoms with Crippen LogP contribution in [0.3, 0.4) is 0 Å². The number of aromatic amines is 1. The lowest BCUT2D eigenvalue weighted by molar-refractivity contribution is 0.410. The molecule has 1 heterocycles. The third-order valence-electron chi connectivity index (χ3n) is 2.35. The molecule has 0 spiro atoms. The molecule has 0 radical (unpaired) electrons. The fraction of sp³-hybridized carbons (Fsp3) is 0.364. The average molecular weight is 258 g/mol. The van der Waals surface area contributed by atoms with Crippen molar-refractivity contribution in [2.45, 2.75) is 6.42 Å². The van der Waals surface area contributed by atoms with E-state index in [4.69, 9.17) is 23.2 Å². The molecule has 0 fully saturated rings. The van der Waals surface area contributed by atoms with E-state index < -0.39 is 0 Å². The second kappa shape index (κ2) is 4.62. The molecule has 0 aliphatic heterocycles. The number of nitrogens with zero attached hydrogens (tertiary/aromatic N) is 2. The van der Waals surface area contributed by atoms with E-state index in [1.807, 2.05) is 20.2 Å². The summed E-state index contributed by atoms with van der Waals surface area (Å²) in [4.78, 5) is 9.79. The maximum atomic E-state index is 6.06. The third-order valence-corrected chi connectivity index (χ3v) is 2.86. The molecule has 0 unspecified atom stereocenters. The maximum Gasteiger partial charge on any atom is 0.108 e. The van der Waals surface area contributed by atoms with Crippen molar-refractivity contribution in [2.24, 2.45) is 0 Å². The zero-order valence-corrected chi connectivity index (χ0v) is 10.7. The van der Waals surface area contributed by atoms with Gasteiger partial charge in [0.1, 0.15) is 11.3 Å². The quantitative estimate of drug-likeness (QED) is 0.917. The summed E-state index contributed by atoms with van der Waals surface area (Å²) in [6.45, 7) is 0.950. The molecule has 0 aliphatic carbocycles. The number of fused-ring (bicyclic) bond motifs is 1. The molecule has 1 aromatic carbocycles. The lowest BCUT2D eigenvalue weighted by atomic mass is 10.3. The highest BCUT2D eigenvalue weighted by molar-refractivity contribution is 6.38.